The molecule has 0 aliphatic heterocycles. The number of aliphatic imine (C=N–C) groups is 1. The number of methoxy groups -OCH3 is 2. The predicted octanol–water partition coefficient (Wildman–Crippen LogP) is 2.53. The van der Waals surface area contributed by atoms with Gasteiger partial charge in [-0.25, -0.2) is 0 Å². The molecule has 5 nitrogen and oxygen atoms in total. The molecule has 126 valence electrons. The molecule has 1 atom stereocenters. The van der Waals surface area contributed by atoms with Gasteiger partial charge in [0.05, 0.1) is 20.3 Å². The van der Waals surface area contributed by atoms with Crippen LogP contribution in [-0.2, 0) is 10.2 Å². The van der Waals surface area contributed by atoms with Gasteiger partial charge < -0.3 is 20.5 Å². The van der Waals surface area contributed by atoms with Crippen molar-refractivity contribution < 1.29 is 9.47 Å². The van der Waals surface area contributed by atoms with Gasteiger partial charge in [0, 0.05) is 18.6 Å². The third-order valence-electron chi connectivity index (χ3n) is 3.31. The molecule has 1 aromatic rings. The van der Waals surface area contributed by atoms with Crippen molar-refractivity contribution in [3.63, 3.8) is 0 Å². The summed E-state index contributed by atoms with van der Waals surface area (Å²) in [6.07, 6.45) is 0. The number of hydrogen-bond donors (Lipinski definition) is 2. The van der Waals surface area contributed by atoms with Crippen molar-refractivity contribution >= 4 is 29.9 Å². The molecule has 0 saturated carbocycles. The molecule has 22 heavy (non-hydrogen) atoms. The fourth-order valence-corrected chi connectivity index (χ4v) is 2.01. The van der Waals surface area contributed by atoms with Gasteiger partial charge in [0.15, 0.2) is 5.96 Å². The maximum Gasteiger partial charge on any atom is 0.188 e. The third-order valence-corrected chi connectivity index (χ3v) is 3.31. The minimum atomic E-state index is -0.120. The molecule has 0 aromatic heterocycles. The van der Waals surface area contributed by atoms with Gasteiger partial charge in [-0.1, -0.05) is 26.0 Å². The molecule has 1 aromatic carbocycles. The maximum absolute atomic E-state index is 5.90. The first-order valence-electron chi connectivity index (χ1n) is 7.09. The number of nitrogens with two attached hydrogens (primary N) is 1. The summed E-state index contributed by atoms with van der Waals surface area (Å²) in [6, 6.07) is 8.17. The van der Waals surface area contributed by atoms with Crippen molar-refractivity contribution in [1.82, 2.24) is 5.32 Å². The number of halogens is 1. The van der Waals surface area contributed by atoms with Crippen molar-refractivity contribution in [1.29, 1.82) is 0 Å². The van der Waals surface area contributed by atoms with E-state index >= 15 is 0 Å². The summed E-state index contributed by atoms with van der Waals surface area (Å²) in [5.74, 6) is 1.29. The van der Waals surface area contributed by atoms with Crippen molar-refractivity contribution in [3.05, 3.63) is 29.8 Å². The summed E-state index contributed by atoms with van der Waals surface area (Å²) in [5, 5.41) is 3.11. The zero-order valence-corrected chi connectivity index (χ0v) is 16.4. The van der Waals surface area contributed by atoms with Gasteiger partial charge in [0.25, 0.3) is 0 Å². The Morgan fingerprint density at radius 3 is 2.64 bits per heavy atom. The number of nitrogens with one attached hydrogen (secondary N) is 1. The lowest BCUT2D eigenvalue weighted by Gasteiger charge is -2.24. The normalized spacial score (nSPS) is 13.2. The van der Waals surface area contributed by atoms with E-state index in [0.29, 0.717) is 19.1 Å². The van der Waals surface area contributed by atoms with Crippen LogP contribution in [0.1, 0.15) is 26.3 Å². The zero-order valence-electron chi connectivity index (χ0n) is 14.1. The molecule has 3 N–H and O–H groups in total. The first-order chi connectivity index (χ1) is 9.89. The second-order valence-electron chi connectivity index (χ2n) is 5.82. The van der Waals surface area contributed by atoms with Crippen LogP contribution in [0.15, 0.2) is 29.3 Å². The molecule has 0 aliphatic rings. The van der Waals surface area contributed by atoms with E-state index in [1.807, 2.05) is 25.1 Å². The largest absolute Gasteiger partial charge is 0.497 e. The fraction of sp³-hybridized carbons (Fsp3) is 0.562. The zero-order chi connectivity index (χ0) is 15.9. The van der Waals surface area contributed by atoms with Crippen LogP contribution in [0.25, 0.3) is 0 Å². The van der Waals surface area contributed by atoms with E-state index in [4.69, 9.17) is 15.2 Å². The van der Waals surface area contributed by atoms with Gasteiger partial charge in [0.1, 0.15) is 5.75 Å². The summed E-state index contributed by atoms with van der Waals surface area (Å²) >= 11 is 0. The van der Waals surface area contributed by atoms with E-state index in [1.54, 1.807) is 14.2 Å². The molecular formula is C16H28IN3O2. The fourth-order valence-electron chi connectivity index (χ4n) is 2.01. The monoisotopic (exact) mass is 421 g/mol. The Bertz CT molecular complexity index is 478. The number of ether oxygens (including phenoxy) is 2. The Hall–Kier alpha value is -1.02. The van der Waals surface area contributed by atoms with Crippen LogP contribution in [-0.4, -0.2) is 39.4 Å². The highest BCUT2D eigenvalue weighted by molar-refractivity contribution is 14.0. The molecule has 1 rings (SSSR count). The van der Waals surface area contributed by atoms with Gasteiger partial charge in [0.2, 0.25) is 0 Å². The Morgan fingerprint density at radius 1 is 1.36 bits per heavy atom. The number of nitrogens with zero attached hydrogens (tertiary/aromatic N) is 1. The Morgan fingerprint density at radius 2 is 2.05 bits per heavy atom. The summed E-state index contributed by atoms with van der Waals surface area (Å²) in [5.41, 5.74) is 6.95. The molecule has 6 heteroatoms. The molecule has 0 aliphatic carbocycles. The summed E-state index contributed by atoms with van der Waals surface area (Å²) in [6.45, 7) is 7.46. The van der Waals surface area contributed by atoms with E-state index < -0.39 is 0 Å². The number of hydrogen-bond acceptors (Lipinski definition) is 3. The summed E-state index contributed by atoms with van der Waals surface area (Å²) in [7, 11) is 3.33. The molecule has 1 unspecified atom stereocenters. The topological polar surface area (TPSA) is 68.9 Å². The predicted molar refractivity (Wildman–Crippen MR) is 102 cm³/mol. The average molecular weight is 421 g/mol. The summed E-state index contributed by atoms with van der Waals surface area (Å²) < 4.78 is 10.3. The molecule has 0 spiro atoms. The number of benzene rings is 1. The van der Waals surface area contributed by atoms with Crippen LogP contribution < -0.4 is 15.8 Å². The first-order valence-corrected chi connectivity index (χ1v) is 7.09. The second kappa shape index (κ2) is 9.89. The van der Waals surface area contributed by atoms with Gasteiger partial charge in [-0.3, -0.25) is 4.99 Å². The Labute approximate surface area is 150 Å². The van der Waals surface area contributed by atoms with Crippen molar-refractivity contribution in [2.75, 3.05) is 27.4 Å². The molecular weight excluding hydrogens is 393 g/mol. The van der Waals surface area contributed by atoms with Crippen LogP contribution in [0.4, 0.5) is 0 Å². The van der Waals surface area contributed by atoms with Crippen LogP contribution in [0.3, 0.4) is 0 Å². The van der Waals surface area contributed by atoms with E-state index in [9.17, 15) is 0 Å². The van der Waals surface area contributed by atoms with E-state index in [0.717, 1.165) is 5.75 Å². The highest BCUT2D eigenvalue weighted by Crippen LogP contribution is 2.26. The van der Waals surface area contributed by atoms with E-state index in [2.05, 4.69) is 30.2 Å². The lowest BCUT2D eigenvalue weighted by molar-refractivity contribution is 0.179. The van der Waals surface area contributed by atoms with Crippen molar-refractivity contribution in [2.45, 2.75) is 32.2 Å². The van der Waals surface area contributed by atoms with Gasteiger partial charge in [-0.15, -0.1) is 24.0 Å². The number of guanidine groups is 1. The minimum Gasteiger partial charge on any atom is -0.497 e. The Balaban J connectivity index is 0.00000441. The second-order valence-corrected chi connectivity index (χ2v) is 5.82. The third kappa shape index (κ3) is 6.83. The van der Waals surface area contributed by atoms with Crippen molar-refractivity contribution in [2.24, 2.45) is 10.7 Å². The number of rotatable bonds is 7. The first kappa shape index (κ1) is 21.0. The van der Waals surface area contributed by atoms with Gasteiger partial charge in [-0.05, 0) is 24.6 Å². The van der Waals surface area contributed by atoms with E-state index in [-0.39, 0.29) is 35.4 Å². The molecule has 0 bridgehead atoms. The lowest BCUT2D eigenvalue weighted by Crippen LogP contribution is -2.41. The molecule has 0 heterocycles. The highest BCUT2D eigenvalue weighted by atomic mass is 127. The van der Waals surface area contributed by atoms with Crippen LogP contribution >= 0.6 is 24.0 Å². The van der Waals surface area contributed by atoms with Gasteiger partial charge >= 0.3 is 0 Å². The molecule has 0 radical (unpaired) electrons. The Kier molecular flexibility index (Phi) is 9.43. The minimum absolute atomic E-state index is 0. The quantitative estimate of drug-likeness (QED) is 0.404. The van der Waals surface area contributed by atoms with Crippen LogP contribution in [0.2, 0.25) is 0 Å². The van der Waals surface area contributed by atoms with Crippen LogP contribution in [0, 0.1) is 0 Å². The average Bonchev–Trinajstić information content (AvgIpc) is 2.45. The standard InChI is InChI=1S/C16H27N3O2.HI/c1-12(10-20-4)19-15(17)18-11-16(2,3)13-7-6-8-14(9-13)21-5;/h6-9,12H,10-11H2,1-5H3,(H3,17,18,19);1H. The SMILES string of the molecule is COCC(C)NC(N)=NCC(C)(C)c1cccc(OC)c1.I. The maximum atomic E-state index is 5.90. The van der Waals surface area contributed by atoms with Crippen molar-refractivity contribution in [3.8, 4) is 5.75 Å². The smallest absolute Gasteiger partial charge is 0.188 e. The van der Waals surface area contributed by atoms with Gasteiger partial charge in [-0.2, -0.15) is 0 Å². The lowest BCUT2D eigenvalue weighted by atomic mass is 9.85. The molecule has 0 amide bonds. The molecule has 0 saturated heterocycles. The van der Waals surface area contributed by atoms with Crippen LogP contribution in [0.5, 0.6) is 5.75 Å². The van der Waals surface area contributed by atoms with E-state index in [1.165, 1.54) is 5.56 Å². The summed E-state index contributed by atoms with van der Waals surface area (Å²) in [4.78, 5) is 4.44. The highest BCUT2D eigenvalue weighted by Gasteiger charge is 2.21. The molecule has 0 fully saturated rings.